The quantitative estimate of drug-likeness (QED) is 0.640. The third kappa shape index (κ3) is 4.76. The Morgan fingerprint density at radius 3 is 2.63 bits per heavy atom. The Morgan fingerprint density at radius 1 is 1.23 bits per heavy atom. The van der Waals surface area contributed by atoms with Crippen LogP contribution < -0.4 is 10.9 Å². The lowest BCUT2D eigenvalue weighted by Crippen LogP contribution is -2.31. The molecule has 0 bridgehead atoms. The van der Waals surface area contributed by atoms with Crippen LogP contribution in [0.15, 0.2) is 46.6 Å². The van der Waals surface area contributed by atoms with E-state index in [2.05, 4.69) is 15.4 Å². The van der Waals surface area contributed by atoms with Crippen molar-refractivity contribution in [1.29, 1.82) is 0 Å². The first-order chi connectivity index (χ1) is 14.3. The first-order valence-corrected chi connectivity index (χ1v) is 10.1. The summed E-state index contributed by atoms with van der Waals surface area (Å²) >= 11 is 1.21. The molecule has 1 aromatic carbocycles. The van der Waals surface area contributed by atoms with Crippen molar-refractivity contribution in [2.45, 2.75) is 37.9 Å². The number of carbonyl (C=O) groups excluding carboxylic acids is 1. The molecule has 0 radical (unpaired) electrons. The number of halogens is 3. The first kappa shape index (κ1) is 20.3. The van der Waals surface area contributed by atoms with E-state index in [1.807, 2.05) is 6.07 Å². The molecule has 2 aromatic heterocycles. The summed E-state index contributed by atoms with van der Waals surface area (Å²) in [4.78, 5) is 28.7. The summed E-state index contributed by atoms with van der Waals surface area (Å²) in [6, 6.07) is 9.81. The zero-order valence-corrected chi connectivity index (χ0v) is 16.5. The number of amides is 1. The van der Waals surface area contributed by atoms with Crippen LogP contribution in [0.1, 0.15) is 40.7 Å². The van der Waals surface area contributed by atoms with Crippen LogP contribution in [-0.4, -0.2) is 20.7 Å². The van der Waals surface area contributed by atoms with E-state index in [-0.39, 0.29) is 30.5 Å². The number of alkyl halides is 3. The maximum atomic E-state index is 13.3. The zero-order valence-electron chi connectivity index (χ0n) is 15.6. The van der Waals surface area contributed by atoms with Gasteiger partial charge in [-0.2, -0.15) is 18.3 Å². The monoisotopic (exact) mass is 434 g/mol. The SMILES string of the molecule is O=C(Cc1nc(Cn2nc(C3CC3)cc(C(F)(F)F)c2=O)cs1)Nc1ccccc1. The number of thiazole rings is 1. The van der Waals surface area contributed by atoms with Crippen molar-refractivity contribution in [3.8, 4) is 0 Å². The van der Waals surface area contributed by atoms with Crippen LogP contribution in [-0.2, 0) is 23.9 Å². The van der Waals surface area contributed by atoms with Crippen LogP contribution in [0, 0.1) is 0 Å². The molecule has 3 aromatic rings. The third-order valence-corrected chi connectivity index (χ3v) is 5.47. The second kappa shape index (κ2) is 8.02. The smallest absolute Gasteiger partial charge is 0.326 e. The van der Waals surface area contributed by atoms with Gasteiger partial charge in [0.25, 0.3) is 5.56 Å². The predicted octanol–water partition coefficient (Wildman–Crippen LogP) is 3.83. The summed E-state index contributed by atoms with van der Waals surface area (Å²) in [6.07, 6.45) is -3.19. The van der Waals surface area contributed by atoms with E-state index >= 15 is 0 Å². The molecule has 0 aliphatic heterocycles. The van der Waals surface area contributed by atoms with E-state index in [4.69, 9.17) is 0 Å². The maximum absolute atomic E-state index is 13.3. The molecular formula is C20H17F3N4O2S. The summed E-state index contributed by atoms with van der Waals surface area (Å²) in [7, 11) is 0. The number of carbonyl (C=O) groups is 1. The Hall–Kier alpha value is -3.01. The minimum Gasteiger partial charge on any atom is -0.326 e. The normalized spacial score (nSPS) is 14.0. The number of hydrogen-bond acceptors (Lipinski definition) is 5. The minimum atomic E-state index is -4.74. The number of nitrogens with zero attached hydrogens (tertiary/aromatic N) is 3. The van der Waals surface area contributed by atoms with Gasteiger partial charge >= 0.3 is 6.18 Å². The number of anilines is 1. The minimum absolute atomic E-state index is 0.0256. The molecule has 1 fully saturated rings. The van der Waals surface area contributed by atoms with Crippen molar-refractivity contribution in [2.75, 3.05) is 5.32 Å². The van der Waals surface area contributed by atoms with Gasteiger partial charge in [-0.25, -0.2) is 9.67 Å². The van der Waals surface area contributed by atoms with E-state index in [1.54, 1.807) is 29.6 Å². The second-order valence-corrected chi connectivity index (χ2v) is 7.98. The Bertz CT molecular complexity index is 1120. The Balaban J connectivity index is 1.50. The average molecular weight is 434 g/mol. The van der Waals surface area contributed by atoms with Crippen LogP contribution in [0.25, 0.3) is 0 Å². The topological polar surface area (TPSA) is 76.9 Å². The molecule has 0 spiro atoms. The van der Waals surface area contributed by atoms with Gasteiger partial charge in [0.1, 0.15) is 10.6 Å². The predicted molar refractivity (Wildman–Crippen MR) is 105 cm³/mol. The second-order valence-electron chi connectivity index (χ2n) is 7.04. The highest BCUT2D eigenvalue weighted by molar-refractivity contribution is 7.09. The van der Waals surface area contributed by atoms with Crippen molar-refractivity contribution in [3.63, 3.8) is 0 Å². The summed E-state index contributed by atoms with van der Waals surface area (Å²) in [6.45, 7) is -0.181. The number of benzene rings is 1. The molecular weight excluding hydrogens is 417 g/mol. The lowest BCUT2D eigenvalue weighted by molar-refractivity contribution is -0.139. The third-order valence-electron chi connectivity index (χ3n) is 4.57. The standard InChI is InChI=1S/C20H17F3N4O2S/c21-20(22,23)15-8-16(12-6-7-12)26-27(19(15)29)10-14-11-30-18(25-14)9-17(28)24-13-4-2-1-3-5-13/h1-5,8,11-12H,6-7,9-10H2,(H,24,28). The largest absolute Gasteiger partial charge is 0.421 e. The molecule has 1 saturated carbocycles. The molecule has 1 aliphatic carbocycles. The Morgan fingerprint density at radius 2 is 1.97 bits per heavy atom. The maximum Gasteiger partial charge on any atom is 0.421 e. The molecule has 2 heterocycles. The van der Waals surface area contributed by atoms with Gasteiger partial charge in [0.2, 0.25) is 5.91 Å². The lowest BCUT2D eigenvalue weighted by Gasteiger charge is -2.11. The zero-order chi connectivity index (χ0) is 21.3. The summed E-state index contributed by atoms with van der Waals surface area (Å²) < 4.78 is 40.6. The molecule has 0 saturated heterocycles. The molecule has 156 valence electrons. The van der Waals surface area contributed by atoms with Crippen LogP contribution in [0.3, 0.4) is 0 Å². The number of aromatic nitrogens is 3. The van der Waals surface area contributed by atoms with Gasteiger partial charge in [-0.3, -0.25) is 9.59 Å². The molecule has 0 atom stereocenters. The number of para-hydroxylation sites is 1. The highest BCUT2D eigenvalue weighted by Gasteiger charge is 2.37. The van der Waals surface area contributed by atoms with Gasteiger partial charge in [-0.15, -0.1) is 11.3 Å². The molecule has 1 aliphatic rings. The molecule has 10 heteroatoms. The summed E-state index contributed by atoms with van der Waals surface area (Å²) in [5, 5.41) is 8.99. The number of hydrogen-bond donors (Lipinski definition) is 1. The summed E-state index contributed by atoms with van der Waals surface area (Å²) in [5.41, 5.74) is -1.08. The van der Waals surface area contributed by atoms with Crippen molar-refractivity contribution in [2.24, 2.45) is 0 Å². The van der Waals surface area contributed by atoms with Crippen LogP contribution in [0.4, 0.5) is 18.9 Å². The fraction of sp³-hybridized carbons (Fsp3) is 0.300. The molecule has 1 N–H and O–H groups in total. The van der Waals surface area contributed by atoms with Crippen molar-refractivity contribution in [3.05, 3.63) is 74.1 Å². The van der Waals surface area contributed by atoms with E-state index in [0.29, 0.717) is 16.4 Å². The fourth-order valence-electron chi connectivity index (χ4n) is 2.97. The van der Waals surface area contributed by atoms with Crippen LogP contribution in [0.2, 0.25) is 0 Å². The van der Waals surface area contributed by atoms with Gasteiger partial charge in [-0.1, -0.05) is 18.2 Å². The molecule has 6 nitrogen and oxygen atoms in total. The number of nitrogens with one attached hydrogen (secondary N) is 1. The van der Waals surface area contributed by atoms with Crippen LogP contribution >= 0.6 is 11.3 Å². The van der Waals surface area contributed by atoms with Gasteiger partial charge in [0, 0.05) is 17.0 Å². The van der Waals surface area contributed by atoms with Crippen LogP contribution in [0.5, 0.6) is 0 Å². The molecule has 1 amide bonds. The van der Waals surface area contributed by atoms with Crippen molar-refractivity contribution in [1.82, 2.24) is 14.8 Å². The molecule has 0 unspecified atom stereocenters. The highest BCUT2D eigenvalue weighted by atomic mass is 32.1. The summed E-state index contributed by atoms with van der Waals surface area (Å²) in [5.74, 6) is -0.293. The molecule has 4 rings (SSSR count). The van der Waals surface area contributed by atoms with Crippen molar-refractivity contribution >= 4 is 22.9 Å². The van der Waals surface area contributed by atoms with Gasteiger partial charge in [0.05, 0.1) is 24.4 Å². The molecule has 30 heavy (non-hydrogen) atoms. The lowest BCUT2D eigenvalue weighted by atomic mass is 10.2. The van der Waals surface area contributed by atoms with Gasteiger partial charge < -0.3 is 5.32 Å². The van der Waals surface area contributed by atoms with Crippen molar-refractivity contribution < 1.29 is 18.0 Å². The van der Waals surface area contributed by atoms with E-state index < -0.39 is 17.3 Å². The fourth-order valence-corrected chi connectivity index (χ4v) is 3.76. The Kier molecular flexibility index (Phi) is 5.42. The van der Waals surface area contributed by atoms with Gasteiger partial charge in [0.15, 0.2) is 0 Å². The van der Waals surface area contributed by atoms with E-state index in [0.717, 1.165) is 23.6 Å². The highest BCUT2D eigenvalue weighted by Crippen LogP contribution is 2.40. The first-order valence-electron chi connectivity index (χ1n) is 9.27. The van der Waals surface area contributed by atoms with E-state index in [1.165, 1.54) is 11.3 Å². The Labute approximate surface area is 173 Å². The number of rotatable bonds is 6. The average Bonchev–Trinajstić information content (AvgIpc) is 3.44. The van der Waals surface area contributed by atoms with E-state index in [9.17, 15) is 22.8 Å². The van der Waals surface area contributed by atoms with Gasteiger partial charge in [-0.05, 0) is 31.0 Å².